The molecular formula is C16H19NO3. The van der Waals surface area contributed by atoms with E-state index in [4.69, 9.17) is 9.52 Å². The third kappa shape index (κ3) is 3.71. The van der Waals surface area contributed by atoms with Gasteiger partial charge in [0.2, 0.25) is 5.76 Å². The highest BCUT2D eigenvalue weighted by Crippen LogP contribution is 2.16. The Morgan fingerprint density at radius 1 is 1.30 bits per heavy atom. The second-order valence-electron chi connectivity index (χ2n) is 5.00. The van der Waals surface area contributed by atoms with Gasteiger partial charge in [-0.05, 0) is 32.0 Å². The Hall–Kier alpha value is -2.07. The van der Waals surface area contributed by atoms with Crippen LogP contribution in [0.25, 0.3) is 0 Å². The monoisotopic (exact) mass is 273 g/mol. The van der Waals surface area contributed by atoms with Gasteiger partial charge in [-0.25, -0.2) is 4.79 Å². The average molecular weight is 273 g/mol. The van der Waals surface area contributed by atoms with Crippen molar-refractivity contribution in [3.05, 3.63) is 59.0 Å². The molecule has 0 unspecified atom stereocenters. The summed E-state index contributed by atoms with van der Waals surface area (Å²) >= 11 is 0. The maximum atomic E-state index is 10.9. The van der Waals surface area contributed by atoms with Crippen LogP contribution in [0.3, 0.4) is 0 Å². The molecule has 0 saturated carbocycles. The van der Waals surface area contributed by atoms with Gasteiger partial charge in [0.25, 0.3) is 0 Å². The van der Waals surface area contributed by atoms with E-state index in [1.807, 2.05) is 25.2 Å². The number of carbonyl (C=O) groups is 1. The topological polar surface area (TPSA) is 53.7 Å². The molecule has 0 atom stereocenters. The molecule has 0 bridgehead atoms. The van der Waals surface area contributed by atoms with Gasteiger partial charge in [-0.2, -0.15) is 0 Å². The van der Waals surface area contributed by atoms with Crippen LogP contribution in [0.4, 0.5) is 0 Å². The number of carboxylic acid groups (broad SMARTS) is 1. The largest absolute Gasteiger partial charge is 0.475 e. The number of hydrogen-bond donors (Lipinski definition) is 1. The van der Waals surface area contributed by atoms with Gasteiger partial charge >= 0.3 is 5.97 Å². The summed E-state index contributed by atoms with van der Waals surface area (Å²) in [6.07, 6.45) is 0.961. The van der Waals surface area contributed by atoms with Gasteiger partial charge in [-0.3, -0.25) is 4.90 Å². The van der Waals surface area contributed by atoms with Crippen LogP contribution in [0.5, 0.6) is 0 Å². The molecule has 0 radical (unpaired) electrons. The summed E-state index contributed by atoms with van der Waals surface area (Å²) in [5, 5.41) is 8.96. The lowest BCUT2D eigenvalue weighted by Gasteiger charge is -2.14. The number of rotatable bonds is 6. The van der Waals surface area contributed by atoms with E-state index in [1.54, 1.807) is 13.0 Å². The van der Waals surface area contributed by atoms with Crippen LogP contribution < -0.4 is 0 Å². The highest BCUT2D eigenvalue weighted by molar-refractivity contribution is 5.86. The van der Waals surface area contributed by atoms with Crippen molar-refractivity contribution in [3.63, 3.8) is 0 Å². The van der Waals surface area contributed by atoms with E-state index in [0.29, 0.717) is 17.9 Å². The SMILES string of the molecule is Cc1cc(CN(C)CCc2ccccc2)oc1C(=O)O. The van der Waals surface area contributed by atoms with E-state index >= 15 is 0 Å². The van der Waals surface area contributed by atoms with Gasteiger partial charge in [0.1, 0.15) is 5.76 Å². The summed E-state index contributed by atoms with van der Waals surface area (Å²) in [6.45, 7) is 3.26. The number of nitrogens with zero attached hydrogens (tertiary/aromatic N) is 1. The lowest BCUT2D eigenvalue weighted by molar-refractivity contribution is 0.0657. The molecule has 0 fully saturated rings. The molecule has 1 aromatic carbocycles. The molecule has 0 aliphatic rings. The minimum Gasteiger partial charge on any atom is -0.475 e. The fraction of sp³-hybridized carbons (Fsp3) is 0.312. The molecule has 1 heterocycles. The van der Waals surface area contributed by atoms with Crippen molar-refractivity contribution in [2.75, 3.05) is 13.6 Å². The molecule has 2 rings (SSSR count). The fourth-order valence-electron chi connectivity index (χ4n) is 2.15. The molecule has 0 aliphatic heterocycles. The molecule has 2 aromatic rings. The van der Waals surface area contributed by atoms with Crippen molar-refractivity contribution >= 4 is 5.97 Å². The van der Waals surface area contributed by atoms with Gasteiger partial charge in [-0.1, -0.05) is 30.3 Å². The van der Waals surface area contributed by atoms with Crippen LogP contribution in [0, 0.1) is 6.92 Å². The number of aryl methyl sites for hydroxylation is 1. The van der Waals surface area contributed by atoms with Gasteiger partial charge < -0.3 is 9.52 Å². The van der Waals surface area contributed by atoms with Crippen molar-refractivity contribution in [2.24, 2.45) is 0 Å². The molecule has 0 saturated heterocycles. The lowest BCUT2D eigenvalue weighted by Crippen LogP contribution is -2.20. The standard InChI is InChI=1S/C16H19NO3/c1-12-10-14(20-15(12)16(18)19)11-17(2)9-8-13-6-4-3-5-7-13/h3-7,10H,8-9,11H2,1-2H3,(H,18,19). The smallest absolute Gasteiger partial charge is 0.372 e. The highest BCUT2D eigenvalue weighted by atomic mass is 16.4. The molecule has 1 N–H and O–H groups in total. The zero-order valence-electron chi connectivity index (χ0n) is 11.8. The van der Waals surface area contributed by atoms with Crippen molar-refractivity contribution in [1.29, 1.82) is 0 Å². The van der Waals surface area contributed by atoms with Gasteiger partial charge in [-0.15, -0.1) is 0 Å². The molecule has 0 spiro atoms. The maximum absolute atomic E-state index is 10.9. The highest BCUT2D eigenvalue weighted by Gasteiger charge is 2.15. The molecule has 4 nitrogen and oxygen atoms in total. The number of hydrogen-bond acceptors (Lipinski definition) is 3. The molecule has 20 heavy (non-hydrogen) atoms. The van der Waals surface area contributed by atoms with E-state index in [2.05, 4.69) is 17.0 Å². The Morgan fingerprint density at radius 2 is 2.00 bits per heavy atom. The Kier molecular flexibility index (Phi) is 4.58. The van der Waals surface area contributed by atoms with Crippen LogP contribution in [-0.4, -0.2) is 29.6 Å². The second-order valence-corrected chi connectivity index (χ2v) is 5.00. The Labute approximate surface area is 118 Å². The average Bonchev–Trinajstić information content (AvgIpc) is 2.78. The van der Waals surface area contributed by atoms with Crippen molar-refractivity contribution < 1.29 is 14.3 Å². The van der Waals surface area contributed by atoms with Gasteiger partial charge in [0, 0.05) is 12.1 Å². The van der Waals surface area contributed by atoms with Crippen LogP contribution in [0.2, 0.25) is 0 Å². The molecule has 4 heteroatoms. The Balaban J connectivity index is 1.90. The summed E-state index contributed by atoms with van der Waals surface area (Å²) in [5.74, 6) is -0.285. The van der Waals surface area contributed by atoms with Crippen molar-refractivity contribution in [2.45, 2.75) is 19.9 Å². The molecule has 0 amide bonds. The van der Waals surface area contributed by atoms with E-state index in [0.717, 1.165) is 13.0 Å². The molecular weight excluding hydrogens is 254 g/mol. The number of likely N-dealkylation sites (N-methyl/N-ethyl adjacent to an activating group) is 1. The normalized spacial score (nSPS) is 10.9. The summed E-state index contributed by atoms with van der Waals surface area (Å²) in [5.41, 5.74) is 1.96. The first-order valence-electron chi connectivity index (χ1n) is 6.61. The first-order chi connectivity index (χ1) is 9.56. The predicted octanol–water partition coefficient (Wildman–Crippen LogP) is 2.96. The fourth-order valence-corrected chi connectivity index (χ4v) is 2.15. The first kappa shape index (κ1) is 14.3. The van der Waals surface area contributed by atoms with Crippen molar-refractivity contribution in [3.8, 4) is 0 Å². The summed E-state index contributed by atoms with van der Waals surface area (Å²) in [6, 6.07) is 12.1. The summed E-state index contributed by atoms with van der Waals surface area (Å²) < 4.78 is 5.36. The van der Waals surface area contributed by atoms with Gasteiger partial charge in [0.15, 0.2) is 0 Å². The zero-order chi connectivity index (χ0) is 14.5. The molecule has 0 aliphatic carbocycles. The maximum Gasteiger partial charge on any atom is 0.372 e. The quantitative estimate of drug-likeness (QED) is 0.879. The van der Waals surface area contributed by atoms with E-state index in [1.165, 1.54) is 5.56 Å². The van der Waals surface area contributed by atoms with E-state index < -0.39 is 5.97 Å². The summed E-state index contributed by atoms with van der Waals surface area (Å²) in [4.78, 5) is 13.0. The summed E-state index contributed by atoms with van der Waals surface area (Å²) in [7, 11) is 2.00. The number of benzene rings is 1. The van der Waals surface area contributed by atoms with Crippen LogP contribution >= 0.6 is 0 Å². The number of aromatic carboxylic acids is 1. The van der Waals surface area contributed by atoms with Crippen LogP contribution in [-0.2, 0) is 13.0 Å². The third-order valence-electron chi connectivity index (χ3n) is 3.21. The minimum atomic E-state index is -1.01. The number of furan rings is 1. The van der Waals surface area contributed by atoms with Gasteiger partial charge in [0.05, 0.1) is 6.54 Å². The van der Waals surface area contributed by atoms with Crippen LogP contribution in [0.15, 0.2) is 40.8 Å². The number of carboxylic acids is 1. The van der Waals surface area contributed by atoms with Crippen LogP contribution in [0.1, 0.15) is 27.4 Å². The molecule has 106 valence electrons. The lowest BCUT2D eigenvalue weighted by atomic mass is 10.1. The van der Waals surface area contributed by atoms with E-state index in [9.17, 15) is 4.79 Å². The first-order valence-corrected chi connectivity index (χ1v) is 6.61. The van der Waals surface area contributed by atoms with Crippen molar-refractivity contribution in [1.82, 2.24) is 4.90 Å². The second kappa shape index (κ2) is 6.39. The Morgan fingerprint density at radius 3 is 2.60 bits per heavy atom. The molecule has 1 aromatic heterocycles. The zero-order valence-corrected chi connectivity index (χ0v) is 11.8. The predicted molar refractivity (Wildman–Crippen MR) is 76.9 cm³/mol. The minimum absolute atomic E-state index is 0.0384. The third-order valence-corrected chi connectivity index (χ3v) is 3.21. The Bertz CT molecular complexity index is 575. The van der Waals surface area contributed by atoms with E-state index in [-0.39, 0.29) is 5.76 Å².